The molecule has 68 valence electrons. The number of hydrogen-bond acceptors (Lipinski definition) is 1. The number of hydrogen-bond donors (Lipinski definition) is 0. The molecule has 13 heavy (non-hydrogen) atoms. The molecule has 1 aromatic carbocycles. The van der Waals surface area contributed by atoms with Crippen LogP contribution in [0.25, 0.3) is 5.53 Å². The monoisotopic (exact) mass is 175 g/mol. The van der Waals surface area contributed by atoms with Crippen LogP contribution in [0.3, 0.4) is 0 Å². The van der Waals surface area contributed by atoms with E-state index in [0.29, 0.717) is 6.54 Å². The largest absolute Gasteiger partial charge is 0.362 e. The summed E-state index contributed by atoms with van der Waals surface area (Å²) < 4.78 is 0. The van der Waals surface area contributed by atoms with Gasteiger partial charge >= 0.3 is 0 Å². The first-order valence-corrected chi connectivity index (χ1v) is 4.34. The van der Waals surface area contributed by atoms with Crippen LogP contribution in [0, 0.1) is 0 Å². The van der Waals surface area contributed by atoms with Gasteiger partial charge in [-0.3, -0.25) is 0 Å². The molecule has 0 heterocycles. The summed E-state index contributed by atoms with van der Waals surface area (Å²) in [6.07, 6.45) is 1.48. The van der Waals surface area contributed by atoms with Gasteiger partial charge in [-0.15, -0.1) is 0 Å². The van der Waals surface area contributed by atoms with Crippen LogP contribution >= 0.6 is 0 Å². The second kappa shape index (κ2) is 5.12. The average molecular weight is 175 g/mol. The molecule has 3 heteroatoms. The second-order valence-corrected chi connectivity index (χ2v) is 2.67. The minimum absolute atomic E-state index is 0.636. The van der Waals surface area contributed by atoms with E-state index in [4.69, 9.17) is 5.53 Å². The van der Waals surface area contributed by atoms with Crippen molar-refractivity contribution in [2.24, 2.45) is 0 Å². The van der Waals surface area contributed by atoms with Gasteiger partial charge in [0.2, 0.25) is 0 Å². The zero-order chi connectivity index (χ0) is 9.52. The maximum Gasteiger partial charge on any atom is 0.276 e. The van der Waals surface area contributed by atoms with Crippen molar-refractivity contribution in [2.75, 3.05) is 18.0 Å². The molecule has 0 aliphatic rings. The molecule has 0 saturated heterocycles. The Morgan fingerprint density at radius 1 is 1.38 bits per heavy atom. The molecule has 0 atom stereocenters. The highest BCUT2D eigenvalue weighted by Crippen LogP contribution is 2.11. The summed E-state index contributed by atoms with van der Waals surface area (Å²) in [7, 11) is 0. The van der Waals surface area contributed by atoms with Gasteiger partial charge in [0, 0.05) is 12.2 Å². The van der Waals surface area contributed by atoms with E-state index in [1.807, 2.05) is 30.3 Å². The summed E-state index contributed by atoms with van der Waals surface area (Å²) in [6, 6.07) is 10.0. The molecule has 3 nitrogen and oxygen atoms in total. The fourth-order valence-electron chi connectivity index (χ4n) is 1.19. The highest BCUT2D eigenvalue weighted by atomic mass is 15.1. The Kier molecular flexibility index (Phi) is 3.74. The van der Waals surface area contributed by atoms with E-state index in [1.54, 1.807) is 0 Å². The highest BCUT2D eigenvalue weighted by Gasteiger charge is 2.02. The van der Waals surface area contributed by atoms with E-state index in [2.05, 4.69) is 16.6 Å². The number of rotatable bonds is 4. The predicted molar refractivity (Wildman–Crippen MR) is 54.0 cm³/mol. The van der Waals surface area contributed by atoms with Crippen LogP contribution in [0.1, 0.15) is 6.92 Å². The minimum Gasteiger partial charge on any atom is -0.362 e. The number of anilines is 1. The highest BCUT2D eigenvalue weighted by molar-refractivity contribution is 5.61. The SMILES string of the molecule is CCN(CC=[N+]=[N-])c1ccccc1. The molecule has 0 saturated carbocycles. The van der Waals surface area contributed by atoms with Crippen LogP contribution < -0.4 is 4.90 Å². The molecular weight excluding hydrogens is 162 g/mol. The normalized spacial score (nSPS) is 9.00. The standard InChI is InChI=1S/C10H13N3/c1-2-13(9-8-12-11)10-6-4-3-5-7-10/h3-8H,2,9H2,1H3. The van der Waals surface area contributed by atoms with Crippen molar-refractivity contribution in [3.63, 3.8) is 0 Å². The van der Waals surface area contributed by atoms with E-state index in [1.165, 1.54) is 6.21 Å². The van der Waals surface area contributed by atoms with Gasteiger partial charge in [-0.2, -0.15) is 4.79 Å². The van der Waals surface area contributed by atoms with Crippen molar-refractivity contribution in [3.8, 4) is 0 Å². The van der Waals surface area contributed by atoms with Crippen LogP contribution in [-0.4, -0.2) is 24.1 Å². The van der Waals surface area contributed by atoms with Gasteiger partial charge in [-0.1, -0.05) is 18.2 Å². The van der Waals surface area contributed by atoms with E-state index in [0.717, 1.165) is 12.2 Å². The van der Waals surface area contributed by atoms with Crippen molar-refractivity contribution < 1.29 is 4.79 Å². The summed E-state index contributed by atoms with van der Waals surface area (Å²) in [5.41, 5.74) is 9.44. The zero-order valence-corrected chi connectivity index (χ0v) is 7.72. The first-order chi connectivity index (χ1) is 6.38. The summed E-state index contributed by atoms with van der Waals surface area (Å²) >= 11 is 0. The van der Waals surface area contributed by atoms with Crippen LogP contribution in [0.15, 0.2) is 30.3 Å². The molecule has 0 spiro atoms. The van der Waals surface area contributed by atoms with Crippen molar-refractivity contribution >= 4 is 11.9 Å². The van der Waals surface area contributed by atoms with E-state index in [9.17, 15) is 0 Å². The van der Waals surface area contributed by atoms with Gasteiger partial charge in [-0.25, -0.2) is 0 Å². The maximum absolute atomic E-state index is 8.30. The van der Waals surface area contributed by atoms with Crippen molar-refractivity contribution in [1.82, 2.24) is 0 Å². The topological polar surface area (TPSA) is 39.6 Å². The zero-order valence-electron chi connectivity index (χ0n) is 7.72. The quantitative estimate of drug-likeness (QED) is 0.391. The minimum atomic E-state index is 0.636. The summed E-state index contributed by atoms with van der Waals surface area (Å²) in [5.74, 6) is 0. The molecule has 0 aliphatic carbocycles. The third-order valence-corrected chi connectivity index (χ3v) is 1.89. The summed E-state index contributed by atoms with van der Waals surface area (Å²) in [6.45, 7) is 3.60. The van der Waals surface area contributed by atoms with Gasteiger partial charge in [-0.05, 0) is 19.1 Å². The first kappa shape index (κ1) is 9.49. The molecule has 0 fully saturated rings. The second-order valence-electron chi connectivity index (χ2n) is 2.67. The Bertz CT molecular complexity index is 288. The van der Waals surface area contributed by atoms with Crippen LogP contribution in [-0.2, 0) is 0 Å². The Hall–Kier alpha value is -1.60. The number of nitrogens with zero attached hydrogens (tertiary/aromatic N) is 3. The molecule has 0 aromatic heterocycles. The van der Waals surface area contributed by atoms with Gasteiger partial charge in [0.05, 0.1) is 0 Å². The molecule has 0 amide bonds. The Morgan fingerprint density at radius 3 is 2.62 bits per heavy atom. The van der Waals surface area contributed by atoms with Crippen molar-refractivity contribution in [1.29, 1.82) is 0 Å². The average Bonchev–Trinajstić information content (AvgIpc) is 2.21. The van der Waals surface area contributed by atoms with Crippen LogP contribution in [0.5, 0.6) is 0 Å². The maximum atomic E-state index is 8.30. The lowest BCUT2D eigenvalue weighted by Crippen LogP contribution is -2.24. The lowest BCUT2D eigenvalue weighted by atomic mass is 10.3. The molecule has 0 unspecified atom stereocenters. The number of para-hydroxylation sites is 1. The third kappa shape index (κ3) is 2.73. The number of benzene rings is 1. The predicted octanol–water partition coefficient (Wildman–Crippen LogP) is 1.81. The lowest BCUT2D eigenvalue weighted by Gasteiger charge is -2.18. The van der Waals surface area contributed by atoms with Crippen molar-refractivity contribution in [3.05, 3.63) is 35.9 Å². The van der Waals surface area contributed by atoms with Crippen LogP contribution in [0.2, 0.25) is 0 Å². The van der Waals surface area contributed by atoms with E-state index >= 15 is 0 Å². The Labute approximate surface area is 78.2 Å². The Balaban J connectivity index is 2.72. The third-order valence-electron chi connectivity index (χ3n) is 1.89. The van der Waals surface area contributed by atoms with E-state index < -0.39 is 0 Å². The first-order valence-electron chi connectivity index (χ1n) is 4.34. The van der Waals surface area contributed by atoms with E-state index in [-0.39, 0.29) is 0 Å². The van der Waals surface area contributed by atoms with Gasteiger partial charge < -0.3 is 10.4 Å². The van der Waals surface area contributed by atoms with Gasteiger partial charge in [0.15, 0.2) is 0 Å². The fraction of sp³-hybridized carbons (Fsp3) is 0.300. The summed E-state index contributed by atoms with van der Waals surface area (Å²) in [5, 5.41) is 0. The Morgan fingerprint density at radius 2 is 2.08 bits per heavy atom. The molecule has 1 rings (SSSR count). The smallest absolute Gasteiger partial charge is 0.276 e. The van der Waals surface area contributed by atoms with Gasteiger partial charge in [0.1, 0.15) is 6.54 Å². The van der Waals surface area contributed by atoms with Gasteiger partial charge in [0.25, 0.3) is 6.21 Å². The lowest BCUT2D eigenvalue weighted by molar-refractivity contribution is 0.00210. The summed E-state index contributed by atoms with van der Waals surface area (Å²) in [4.78, 5) is 5.09. The molecule has 1 aromatic rings. The molecule has 0 radical (unpaired) electrons. The molecule has 0 bridgehead atoms. The van der Waals surface area contributed by atoms with Crippen LogP contribution in [0.4, 0.5) is 5.69 Å². The van der Waals surface area contributed by atoms with Crippen molar-refractivity contribution in [2.45, 2.75) is 6.92 Å². The molecule has 0 N–H and O–H groups in total. The fourth-order valence-corrected chi connectivity index (χ4v) is 1.19. The molecule has 0 aliphatic heterocycles. The molecular formula is C10H13N3.